The summed E-state index contributed by atoms with van der Waals surface area (Å²) in [6.07, 6.45) is 5.34. The Kier molecular flexibility index (Phi) is 5.19. The number of hydrogen-bond donors (Lipinski definition) is 1. The number of hydrogen-bond acceptors (Lipinski definition) is 3. The van der Waals surface area contributed by atoms with E-state index in [-0.39, 0.29) is 12.1 Å². The van der Waals surface area contributed by atoms with Crippen molar-refractivity contribution in [3.05, 3.63) is 72.6 Å². The van der Waals surface area contributed by atoms with Gasteiger partial charge in [0.1, 0.15) is 11.9 Å². The van der Waals surface area contributed by atoms with Gasteiger partial charge in [0, 0.05) is 25.5 Å². The van der Waals surface area contributed by atoms with Crippen LogP contribution in [0.4, 0.5) is 4.79 Å². The minimum absolute atomic E-state index is 0.0180. The van der Waals surface area contributed by atoms with E-state index in [4.69, 9.17) is 4.74 Å². The lowest BCUT2D eigenvalue weighted by molar-refractivity contribution is 0.101. The standard InChI is InChI=1S/C22H23N3O2/c26-22(24-15-18-7-3-6-17-5-1-2-9-21(17)18)25-14-4-8-20(16-25)27-19-10-12-23-13-11-19/h1-3,5-7,9-13,20H,4,8,14-16H2,(H,24,26). The average molecular weight is 361 g/mol. The van der Waals surface area contributed by atoms with Crippen molar-refractivity contribution < 1.29 is 9.53 Å². The first-order chi connectivity index (χ1) is 13.3. The summed E-state index contributed by atoms with van der Waals surface area (Å²) in [6, 6.07) is 18.1. The topological polar surface area (TPSA) is 54.5 Å². The normalized spacial score (nSPS) is 16.9. The number of amides is 2. The van der Waals surface area contributed by atoms with Gasteiger partial charge in [-0.15, -0.1) is 0 Å². The number of rotatable bonds is 4. The molecule has 0 aliphatic carbocycles. The van der Waals surface area contributed by atoms with Gasteiger partial charge in [0.2, 0.25) is 0 Å². The minimum Gasteiger partial charge on any atom is -0.488 e. The molecule has 5 nitrogen and oxygen atoms in total. The number of likely N-dealkylation sites (tertiary alicyclic amines) is 1. The second kappa shape index (κ2) is 8.08. The maximum Gasteiger partial charge on any atom is 0.317 e. The number of nitrogens with zero attached hydrogens (tertiary/aromatic N) is 2. The number of urea groups is 1. The lowest BCUT2D eigenvalue weighted by Crippen LogP contribution is -2.48. The summed E-state index contributed by atoms with van der Waals surface area (Å²) in [5.74, 6) is 0.799. The largest absolute Gasteiger partial charge is 0.488 e. The van der Waals surface area contributed by atoms with E-state index in [1.54, 1.807) is 12.4 Å². The van der Waals surface area contributed by atoms with Gasteiger partial charge in [-0.05, 0) is 41.3 Å². The summed E-state index contributed by atoms with van der Waals surface area (Å²) >= 11 is 0. The van der Waals surface area contributed by atoms with Gasteiger partial charge in [-0.25, -0.2) is 4.79 Å². The second-order valence-corrected chi connectivity index (χ2v) is 6.81. The van der Waals surface area contributed by atoms with Gasteiger partial charge in [-0.1, -0.05) is 42.5 Å². The van der Waals surface area contributed by atoms with Crippen LogP contribution in [0.15, 0.2) is 67.0 Å². The van der Waals surface area contributed by atoms with Crippen molar-refractivity contribution in [1.29, 1.82) is 0 Å². The molecule has 5 heteroatoms. The summed E-state index contributed by atoms with van der Waals surface area (Å²) in [4.78, 5) is 18.5. The van der Waals surface area contributed by atoms with Crippen molar-refractivity contribution in [2.75, 3.05) is 13.1 Å². The summed E-state index contributed by atoms with van der Waals surface area (Å²) in [6.45, 7) is 1.88. The first-order valence-electron chi connectivity index (χ1n) is 9.36. The fourth-order valence-corrected chi connectivity index (χ4v) is 3.56. The molecule has 138 valence electrons. The van der Waals surface area contributed by atoms with E-state index in [1.165, 1.54) is 10.8 Å². The Balaban J connectivity index is 1.36. The van der Waals surface area contributed by atoms with Crippen LogP contribution in [-0.4, -0.2) is 35.1 Å². The van der Waals surface area contributed by atoms with Crippen LogP contribution < -0.4 is 10.1 Å². The zero-order chi connectivity index (χ0) is 18.5. The van der Waals surface area contributed by atoms with Gasteiger partial charge in [-0.3, -0.25) is 4.98 Å². The number of fused-ring (bicyclic) bond motifs is 1. The van der Waals surface area contributed by atoms with E-state index in [0.29, 0.717) is 13.1 Å². The molecule has 1 N–H and O–H groups in total. The average Bonchev–Trinajstić information content (AvgIpc) is 2.73. The fourth-order valence-electron chi connectivity index (χ4n) is 3.56. The van der Waals surface area contributed by atoms with Crippen molar-refractivity contribution in [1.82, 2.24) is 15.2 Å². The molecule has 4 rings (SSSR count). The van der Waals surface area contributed by atoms with E-state index < -0.39 is 0 Å². The maximum absolute atomic E-state index is 12.7. The molecule has 0 saturated carbocycles. The van der Waals surface area contributed by atoms with Crippen molar-refractivity contribution in [3.8, 4) is 5.75 Å². The predicted molar refractivity (Wildman–Crippen MR) is 106 cm³/mol. The molecule has 1 unspecified atom stereocenters. The first kappa shape index (κ1) is 17.3. The highest BCUT2D eigenvalue weighted by Gasteiger charge is 2.24. The summed E-state index contributed by atoms with van der Waals surface area (Å²) in [7, 11) is 0. The highest BCUT2D eigenvalue weighted by molar-refractivity contribution is 5.86. The van der Waals surface area contributed by atoms with Crippen LogP contribution >= 0.6 is 0 Å². The van der Waals surface area contributed by atoms with Crippen LogP contribution in [0.3, 0.4) is 0 Å². The molecular weight excluding hydrogens is 338 g/mol. The number of carbonyl (C=O) groups is 1. The second-order valence-electron chi connectivity index (χ2n) is 6.81. The van der Waals surface area contributed by atoms with Gasteiger partial charge in [0.15, 0.2) is 0 Å². The van der Waals surface area contributed by atoms with Crippen LogP contribution in [0.25, 0.3) is 10.8 Å². The number of piperidine rings is 1. The van der Waals surface area contributed by atoms with Gasteiger partial charge < -0.3 is 15.0 Å². The van der Waals surface area contributed by atoms with Crippen LogP contribution in [0.1, 0.15) is 18.4 Å². The Morgan fingerprint density at radius 3 is 2.81 bits per heavy atom. The molecule has 1 aliphatic heterocycles. The molecule has 2 heterocycles. The number of carbonyl (C=O) groups excluding carboxylic acids is 1. The van der Waals surface area contributed by atoms with Crippen molar-refractivity contribution in [2.24, 2.45) is 0 Å². The Morgan fingerprint density at radius 2 is 1.93 bits per heavy atom. The monoisotopic (exact) mass is 361 g/mol. The molecule has 1 aliphatic rings. The quantitative estimate of drug-likeness (QED) is 0.764. The molecule has 0 spiro atoms. The van der Waals surface area contributed by atoms with Gasteiger partial charge in [-0.2, -0.15) is 0 Å². The lowest BCUT2D eigenvalue weighted by atomic mass is 10.0. The SMILES string of the molecule is O=C(NCc1cccc2ccccc12)N1CCCC(Oc2ccncc2)C1. The third-order valence-electron chi connectivity index (χ3n) is 4.93. The minimum atomic E-state index is -0.0361. The molecule has 27 heavy (non-hydrogen) atoms. The molecular formula is C22H23N3O2. The molecule has 1 aromatic heterocycles. The lowest BCUT2D eigenvalue weighted by Gasteiger charge is -2.33. The van der Waals surface area contributed by atoms with Gasteiger partial charge in [0.05, 0.1) is 6.54 Å². The van der Waals surface area contributed by atoms with Gasteiger partial charge >= 0.3 is 6.03 Å². The number of pyridine rings is 1. The smallest absolute Gasteiger partial charge is 0.317 e. The third kappa shape index (κ3) is 4.19. The van der Waals surface area contributed by atoms with Crippen molar-refractivity contribution in [3.63, 3.8) is 0 Å². The summed E-state index contributed by atoms with van der Waals surface area (Å²) in [5.41, 5.74) is 1.13. The highest BCUT2D eigenvalue weighted by atomic mass is 16.5. The Bertz CT molecular complexity index is 908. The molecule has 1 saturated heterocycles. The Morgan fingerprint density at radius 1 is 1.11 bits per heavy atom. The molecule has 2 aromatic carbocycles. The van der Waals surface area contributed by atoms with E-state index in [9.17, 15) is 4.79 Å². The molecule has 0 bridgehead atoms. The van der Waals surface area contributed by atoms with Crippen molar-refractivity contribution in [2.45, 2.75) is 25.5 Å². The zero-order valence-electron chi connectivity index (χ0n) is 15.2. The molecule has 0 radical (unpaired) electrons. The number of nitrogens with one attached hydrogen (secondary N) is 1. The van der Waals surface area contributed by atoms with Gasteiger partial charge in [0.25, 0.3) is 0 Å². The summed E-state index contributed by atoms with van der Waals surface area (Å²) in [5, 5.41) is 5.43. The Labute approximate surface area is 159 Å². The van der Waals surface area contributed by atoms with Crippen LogP contribution in [0.2, 0.25) is 0 Å². The van der Waals surface area contributed by atoms with E-state index in [2.05, 4.69) is 34.6 Å². The Hall–Kier alpha value is -3.08. The summed E-state index contributed by atoms with van der Waals surface area (Å²) < 4.78 is 5.99. The molecule has 1 atom stereocenters. The molecule has 2 amide bonds. The fraction of sp³-hybridized carbons (Fsp3) is 0.273. The molecule has 1 fully saturated rings. The van der Waals surface area contributed by atoms with E-state index >= 15 is 0 Å². The van der Waals surface area contributed by atoms with E-state index in [1.807, 2.05) is 35.2 Å². The third-order valence-corrected chi connectivity index (χ3v) is 4.93. The van der Waals surface area contributed by atoms with Crippen LogP contribution in [-0.2, 0) is 6.54 Å². The van der Waals surface area contributed by atoms with Crippen LogP contribution in [0.5, 0.6) is 5.75 Å². The number of aromatic nitrogens is 1. The highest BCUT2D eigenvalue weighted by Crippen LogP contribution is 2.20. The number of benzene rings is 2. The van der Waals surface area contributed by atoms with Crippen LogP contribution in [0, 0.1) is 0 Å². The number of ether oxygens (including phenoxy) is 1. The first-order valence-corrected chi connectivity index (χ1v) is 9.36. The van der Waals surface area contributed by atoms with E-state index in [0.717, 1.165) is 30.7 Å². The zero-order valence-corrected chi connectivity index (χ0v) is 15.2. The van der Waals surface area contributed by atoms with Crippen molar-refractivity contribution >= 4 is 16.8 Å². The predicted octanol–water partition coefficient (Wildman–Crippen LogP) is 3.99. The maximum atomic E-state index is 12.7. The molecule has 3 aromatic rings.